The van der Waals surface area contributed by atoms with Crippen molar-refractivity contribution in [2.75, 3.05) is 0 Å². The van der Waals surface area contributed by atoms with Gasteiger partial charge in [0.25, 0.3) is 5.56 Å². The van der Waals surface area contributed by atoms with Gasteiger partial charge in [-0.1, -0.05) is 18.2 Å². The molecule has 0 saturated carbocycles. The average molecular weight is 430 g/mol. The molecule has 0 amide bonds. The topological polar surface area (TPSA) is 120 Å². The third kappa shape index (κ3) is 2.69. The molecule has 5 heterocycles. The molecule has 0 radical (unpaired) electrons. The Bertz CT molecular complexity index is 1540. The summed E-state index contributed by atoms with van der Waals surface area (Å²) < 4.78 is 4.25. The lowest BCUT2D eigenvalue weighted by atomic mass is 10.0. The second-order valence-corrected chi connectivity index (χ2v) is 8.61. The summed E-state index contributed by atoms with van der Waals surface area (Å²) >= 11 is 1.48. The van der Waals surface area contributed by atoms with E-state index in [0.29, 0.717) is 18.6 Å². The predicted octanol–water partition coefficient (Wildman–Crippen LogP) is 2.10. The molecule has 6 rings (SSSR count). The van der Waals surface area contributed by atoms with Gasteiger partial charge in [0.1, 0.15) is 10.5 Å². The summed E-state index contributed by atoms with van der Waals surface area (Å²) in [6.07, 6.45) is 5.29. The number of hydrogen-bond donors (Lipinski definition) is 2. The van der Waals surface area contributed by atoms with Crippen molar-refractivity contribution in [3.8, 4) is 0 Å². The molecule has 3 N–H and O–H groups in total. The average Bonchev–Trinajstić information content (AvgIpc) is 3.56. The van der Waals surface area contributed by atoms with E-state index in [0.717, 1.165) is 37.6 Å². The number of rotatable bonds is 4. The van der Waals surface area contributed by atoms with E-state index in [1.165, 1.54) is 21.6 Å². The van der Waals surface area contributed by atoms with Gasteiger partial charge in [0, 0.05) is 30.4 Å². The molecule has 1 atom stereocenters. The van der Waals surface area contributed by atoms with Crippen LogP contribution in [-0.4, -0.2) is 35.7 Å². The zero-order valence-corrected chi connectivity index (χ0v) is 17.4. The van der Waals surface area contributed by atoms with Crippen molar-refractivity contribution in [2.24, 2.45) is 17.8 Å². The van der Waals surface area contributed by atoms with Crippen LogP contribution in [0.4, 0.5) is 0 Å². The maximum absolute atomic E-state index is 13.3. The van der Waals surface area contributed by atoms with Crippen molar-refractivity contribution in [1.29, 1.82) is 0 Å². The first kappa shape index (κ1) is 18.2. The van der Waals surface area contributed by atoms with Crippen LogP contribution in [0.5, 0.6) is 0 Å². The van der Waals surface area contributed by atoms with Crippen molar-refractivity contribution < 1.29 is 0 Å². The highest BCUT2D eigenvalue weighted by molar-refractivity contribution is 7.19. The number of H-pyrrole nitrogens is 1. The highest BCUT2D eigenvalue weighted by Crippen LogP contribution is 2.34. The maximum atomic E-state index is 13.3. The number of nitrogens with one attached hydrogen (secondary N) is 1. The van der Waals surface area contributed by atoms with E-state index in [9.17, 15) is 4.79 Å². The summed E-state index contributed by atoms with van der Waals surface area (Å²) in [6, 6.07) is 7.51. The Morgan fingerprint density at radius 2 is 2.23 bits per heavy atom. The molecule has 1 aromatic carbocycles. The van der Waals surface area contributed by atoms with Crippen LogP contribution in [0.3, 0.4) is 0 Å². The predicted molar refractivity (Wildman–Crippen MR) is 120 cm³/mol. The van der Waals surface area contributed by atoms with Crippen LogP contribution in [0, 0.1) is 0 Å². The van der Waals surface area contributed by atoms with Crippen LogP contribution in [-0.2, 0) is 20.1 Å². The first-order valence-corrected chi connectivity index (χ1v) is 10.6. The Kier molecular flexibility index (Phi) is 3.92. The molecule has 9 nitrogen and oxygen atoms in total. The smallest absolute Gasteiger partial charge is 0.291 e. The summed E-state index contributed by atoms with van der Waals surface area (Å²) in [5.74, 6) is 0. The van der Waals surface area contributed by atoms with Gasteiger partial charge in [-0.05, 0) is 17.2 Å². The second kappa shape index (κ2) is 6.69. The second-order valence-electron chi connectivity index (χ2n) is 7.58. The minimum Gasteiger partial charge on any atom is -0.323 e. The Labute approximate surface area is 179 Å². The molecule has 1 unspecified atom stereocenters. The van der Waals surface area contributed by atoms with Gasteiger partial charge in [-0.2, -0.15) is 10.2 Å². The van der Waals surface area contributed by atoms with E-state index in [1.54, 1.807) is 12.4 Å². The first-order chi connectivity index (χ1) is 15.1. The molecular formula is C21H18N8OS. The van der Waals surface area contributed by atoms with Gasteiger partial charge in [0.05, 0.1) is 35.7 Å². The number of nitrogens with two attached hydrogens (primary N) is 1. The number of hydrogen-bond acceptors (Lipinski definition) is 7. The number of fused-ring (bicyclic) bond motifs is 4. The number of benzene rings is 1. The van der Waals surface area contributed by atoms with Crippen molar-refractivity contribution in [3.63, 3.8) is 0 Å². The molecule has 0 saturated heterocycles. The Morgan fingerprint density at radius 3 is 3.06 bits per heavy atom. The van der Waals surface area contributed by atoms with E-state index in [1.807, 2.05) is 36.0 Å². The fourth-order valence-corrected chi connectivity index (χ4v) is 5.26. The molecule has 0 fully saturated rings. The molecular weight excluding hydrogens is 412 g/mol. The highest BCUT2D eigenvalue weighted by atomic mass is 32.1. The van der Waals surface area contributed by atoms with E-state index >= 15 is 0 Å². The van der Waals surface area contributed by atoms with Crippen LogP contribution in [0.25, 0.3) is 21.3 Å². The van der Waals surface area contributed by atoms with Crippen LogP contribution >= 0.6 is 11.3 Å². The lowest BCUT2D eigenvalue weighted by Crippen LogP contribution is -2.25. The zero-order valence-electron chi connectivity index (χ0n) is 16.6. The number of nitrogens with zero attached hydrogens (tertiary/aromatic N) is 6. The molecule has 0 spiro atoms. The Hall–Kier alpha value is -3.63. The van der Waals surface area contributed by atoms with E-state index in [4.69, 9.17) is 10.7 Å². The molecule has 0 bridgehead atoms. The SMILES string of the molecule is Cn1c2nc(C(N)c3ccn[nH]3)sc2c2cnn(Cc3cccc4c3C=NC4)c(=O)c21. The van der Waals surface area contributed by atoms with Gasteiger partial charge >= 0.3 is 0 Å². The number of aromatic nitrogens is 6. The number of aryl methyl sites for hydroxylation is 1. The molecule has 1 aliphatic heterocycles. The lowest BCUT2D eigenvalue weighted by Gasteiger charge is -2.09. The zero-order chi connectivity index (χ0) is 21.1. The van der Waals surface area contributed by atoms with Crippen LogP contribution < -0.4 is 11.3 Å². The largest absolute Gasteiger partial charge is 0.323 e. The normalized spacial score (nSPS) is 14.0. The third-order valence-electron chi connectivity index (χ3n) is 5.75. The van der Waals surface area contributed by atoms with Gasteiger partial charge in [0.2, 0.25) is 0 Å². The molecule has 5 aromatic rings. The van der Waals surface area contributed by atoms with E-state index in [2.05, 4.69) is 26.4 Å². The minimum atomic E-state index is -0.398. The fourth-order valence-electron chi connectivity index (χ4n) is 4.13. The molecule has 10 heteroatoms. The van der Waals surface area contributed by atoms with Crippen molar-refractivity contribution in [3.05, 3.63) is 74.4 Å². The van der Waals surface area contributed by atoms with Crippen LogP contribution in [0.1, 0.15) is 33.4 Å². The fraction of sp³-hybridized carbons (Fsp3) is 0.190. The summed E-state index contributed by atoms with van der Waals surface area (Å²) in [4.78, 5) is 22.4. The number of aromatic amines is 1. The minimum absolute atomic E-state index is 0.142. The summed E-state index contributed by atoms with van der Waals surface area (Å²) in [6.45, 7) is 1.08. The quantitative estimate of drug-likeness (QED) is 0.452. The van der Waals surface area contributed by atoms with Gasteiger partial charge in [-0.15, -0.1) is 11.3 Å². The van der Waals surface area contributed by atoms with Gasteiger partial charge in [0.15, 0.2) is 5.65 Å². The van der Waals surface area contributed by atoms with Crippen LogP contribution in [0.2, 0.25) is 0 Å². The van der Waals surface area contributed by atoms with Gasteiger partial charge in [-0.25, -0.2) is 9.67 Å². The summed E-state index contributed by atoms with van der Waals surface area (Å²) in [5.41, 5.74) is 11.6. The Balaban J connectivity index is 1.45. The standard InChI is InChI=1S/C21H18N8OS/c1-28-17-14(18-19(28)26-20(31-18)16(22)15-5-6-24-27-15)9-25-29(21(17)30)10-12-4-2-3-11-7-23-8-13(11)12/h2-6,8-9,16H,7,10,22H2,1H3,(H,24,27). The van der Waals surface area contributed by atoms with E-state index < -0.39 is 6.04 Å². The molecule has 1 aliphatic rings. The maximum Gasteiger partial charge on any atom is 0.291 e. The van der Waals surface area contributed by atoms with Crippen molar-refractivity contribution >= 4 is 38.8 Å². The molecule has 4 aromatic heterocycles. The Morgan fingerprint density at radius 1 is 1.32 bits per heavy atom. The molecule has 154 valence electrons. The number of thiazole rings is 1. The van der Waals surface area contributed by atoms with Crippen molar-refractivity contribution in [1.82, 2.24) is 29.5 Å². The third-order valence-corrected chi connectivity index (χ3v) is 6.92. The summed E-state index contributed by atoms with van der Waals surface area (Å²) in [5, 5.41) is 12.9. The van der Waals surface area contributed by atoms with E-state index in [-0.39, 0.29) is 5.56 Å². The molecule has 31 heavy (non-hydrogen) atoms. The monoisotopic (exact) mass is 430 g/mol. The first-order valence-electron chi connectivity index (χ1n) is 9.82. The molecule has 0 aliphatic carbocycles. The van der Waals surface area contributed by atoms with Gasteiger partial charge in [-0.3, -0.25) is 14.9 Å². The van der Waals surface area contributed by atoms with Gasteiger partial charge < -0.3 is 10.3 Å². The summed E-state index contributed by atoms with van der Waals surface area (Å²) in [7, 11) is 1.86. The van der Waals surface area contributed by atoms with Crippen molar-refractivity contribution in [2.45, 2.75) is 19.1 Å². The highest BCUT2D eigenvalue weighted by Gasteiger charge is 2.22. The van der Waals surface area contributed by atoms with Crippen LogP contribution in [0.15, 0.2) is 46.4 Å². The number of aliphatic imine (C=N–C) groups is 1. The lowest BCUT2D eigenvalue weighted by molar-refractivity contribution is 0.643.